The Labute approximate surface area is 118 Å². The van der Waals surface area contributed by atoms with Gasteiger partial charge in [-0.05, 0) is 12.5 Å². The fourth-order valence-electron chi connectivity index (χ4n) is 1.59. The highest BCUT2D eigenvalue weighted by Gasteiger charge is 2.19. The fraction of sp³-hybridized carbons (Fsp3) is 0.429. The van der Waals surface area contributed by atoms with Gasteiger partial charge in [-0.25, -0.2) is 9.59 Å². The van der Waals surface area contributed by atoms with E-state index in [1.165, 1.54) is 7.11 Å². The molecule has 1 atom stereocenters. The summed E-state index contributed by atoms with van der Waals surface area (Å²) in [7, 11) is 1.48. The molecule has 2 amide bonds. The van der Waals surface area contributed by atoms with Gasteiger partial charge in [0.15, 0.2) is 0 Å². The van der Waals surface area contributed by atoms with Crippen molar-refractivity contribution in [2.75, 3.05) is 13.7 Å². The third-order valence-corrected chi connectivity index (χ3v) is 2.79. The van der Waals surface area contributed by atoms with Gasteiger partial charge in [0.1, 0.15) is 6.04 Å². The molecule has 6 heteroatoms. The van der Waals surface area contributed by atoms with Crippen LogP contribution in [0.4, 0.5) is 4.79 Å². The largest absolute Gasteiger partial charge is 0.480 e. The van der Waals surface area contributed by atoms with E-state index in [1.807, 2.05) is 31.2 Å². The Hall–Kier alpha value is -2.08. The van der Waals surface area contributed by atoms with Gasteiger partial charge in [0.05, 0.1) is 0 Å². The highest BCUT2D eigenvalue weighted by Crippen LogP contribution is 2.02. The molecule has 1 aromatic rings. The normalized spacial score (nSPS) is 11.7. The highest BCUT2D eigenvalue weighted by atomic mass is 16.5. The van der Waals surface area contributed by atoms with Gasteiger partial charge in [-0.15, -0.1) is 0 Å². The maximum atomic E-state index is 11.6. The summed E-state index contributed by atoms with van der Waals surface area (Å²) in [6, 6.07) is 6.27. The van der Waals surface area contributed by atoms with E-state index < -0.39 is 18.0 Å². The van der Waals surface area contributed by atoms with Gasteiger partial charge in [0, 0.05) is 26.7 Å². The molecule has 1 aromatic carbocycles. The summed E-state index contributed by atoms with van der Waals surface area (Å²) >= 11 is 0. The van der Waals surface area contributed by atoms with Gasteiger partial charge >= 0.3 is 12.0 Å². The molecule has 1 unspecified atom stereocenters. The maximum absolute atomic E-state index is 11.6. The van der Waals surface area contributed by atoms with E-state index in [4.69, 9.17) is 9.84 Å². The van der Waals surface area contributed by atoms with Crippen molar-refractivity contribution in [1.29, 1.82) is 0 Å². The quantitative estimate of drug-likeness (QED) is 0.702. The van der Waals surface area contributed by atoms with Gasteiger partial charge in [-0.3, -0.25) is 0 Å². The van der Waals surface area contributed by atoms with Crippen LogP contribution in [0.1, 0.15) is 17.5 Å². The number of carbonyl (C=O) groups excluding carboxylic acids is 1. The van der Waals surface area contributed by atoms with E-state index in [2.05, 4.69) is 10.6 Å². The van der Waals surface area contributed by atoms with Gasteiger partial charge in [-0.2, -0.15) is 0 Å². The summed E-state index contributed by atoms with van der Waals surface area (Å²) < 4.78 is 4.81. The number of urea groups is 1. The van der Waals surface area contributed by atoms with E-state index >= 15 is 0 Å². The number of nitrogens with one attached hydrogen (secondary N) is 2. The average molecular weight is 280 g/mol. The Morgan fingerprint density at radius 1 is 1.30 bits per heavy atom. The molecule has 0 aromatic heterocycles. The first-order valence-corrected chi connectivity index (χ1v) is 6.34. The van der Waals surface area contributed by atoms with Crippen molar-refractivity contribution in [2.24, 2.45) is 0 Å². The molecule has 0 spiro atoms. The summed E-state index contributed by atoms with van der Waals surface area (Å²) in [5.41, 5.74) is 2.10. The lowest BCUT2D eigenvalue weighted by atomic mass is 10.1. The summed E-state index contributed by atoms with van der Waals surface area (Å²) in [6.45, 7) is 2.61. The minimum atomic E-state index is -1.08. The zero-order valence-electron chi connectivity index (χ0n) is 11.7. The van der Waals surface area contributed by atoms with Gasteiger partial charge < -0.3 is 20.5 Å². The zero-order chi connectivity index (χ0) is 15.0. The molecule has 0 aliphatic rings. The molecule has 0 heterocycles. The summed E-state index contributed by atoms with van der Waals surface area (Å²) in [5, 5.41) is 14.0. The number of carboxylic acid groups (broad SMARTS) is 1. The number of hydrogen-bond acceptors (Lipinski definition) is 3. The number of rotatable bonds is 7. The van der Waals surface area contributed by atoms with Crippen LogP contribution < -0.4 is 10.6 Å². The second-order valence-electron chi connectivity index (χ2n) is 4.48. The van der Waals surface area contributed by atoms with Crippen LogP contribution in [-0.2, 0) is 16.1 Å². The van der Waals surface area contributed by atoms with Crippen molar-refractivity contribution >= 4 is 12.0 Å². The van der Waals surface area contributed by atoms with Crippen molar-refractivity contribution < 1.29 is 19.4 Å². The van der Waals surface area contributed by atoms with E-state index in [9.17, 15) is 9.59 Å². The van der Waals surface area contributed by atoms with Gasteiger partial charge in [0.2, 0.25) is 0 Å². The predicted molar refractivity (Wildman–Crippen MR) is 74.5 cm³/mol. The first kappa shape index (κ1) is 16.0. The first-order chi connectivity index (χ1) is 9.52. The van der Waals surface area contributed by atoms with Crippen LogP contribution in [0, 0.1) is 6.92 Å². The molecule has 20 heavy (non-hydrogen) atoms. The summed E-state index contributed by atoms with van der Waals surface area (Å²) in [4.78, 5) is 22.6. The molecule has 0 saturated carbocycles. The Bertz CT molecular complexity index is 445. The van der Waals surface area contributed by atoms with E-state index in [-0.39, 0.29) is 13.0 Å². The third-order valence-electron chi connectivity index (χ3n) is 2.79. The average Bonchev–Trinajstić information content (AvgIpc) is 2.42. The number of amides is 2. The number of ether oxygens (including phenoxy) is 1. The zero-order valence-corrected chi connectivity index (χ0v) is 11.7. The van der Waals surface area contributed by atoms with Crippen LogP contribution >= 0.6 is 0 Å². The number of aryl methyl sites for hydroxylation is 1. The van der Waals surface area contributed by atoms with Crippen LogP contribution in [0.25, 0.3) is 0 Å². The molecule has 3 N–H and O–H groups in total. The van der Waals surface area contributed by atoms with Crippen molar-refractivity contribution in [3.63, 3.8) is 0 Å². The molecule has 0 aliphatic heterocycles. The number of carboxylic acids is 1. The predicted octanol–water partition coefficient (Wildman–Crippen LogP) is 1.28. The summed E-state index contributed by atoms with van der Waals surface area (Å²) in [5.74, 6) is -1.08. The highest BCUT2D eigenvalue weighted by molar-refractivity contribution is 5.82. The summed E-state index contributed by atoms with van der Waals surface area (Å²) in [6.07, 6.45) is 0.226. The molecule has 0 bridgehead atoms. The standard InChI is InChI=1S/C14H20N2O4/c1-10-3-5-11(6-4-10)9-15-14(19)16-12(13(17)18)7-8-20-2/h3-6,12H,7-9H2,1-2H3,(H,17,18)(H2,15,16,19). The SMILES string of the molecule is COCCC(NC(=O)NCc1ccc(C)cc1)C(=O)O. The van der Waals surface area contributed by atoms with Crippen molar-refractivity contribution in [2.45, 2.75) is 25.9 Å². The fourth-order valence-corrected chi connectivity index (χ4v) is 1.59. The maximum Gasteiger partial charge on any atom is 0.326 e. The van der Waals surface area contributed by atoms with Gasteiger partial charge in [-0.1, -0.05) is 29.8 Å². The molecule has 6 nitrogen and oxygen atoms in total. The van der Waals surface area contributed by atoms with Crippen LogP contribution in [0.5, 0.6) is 0 Å². The Balaban J connectivity index is 2.41. The smallest absolute Gasteiger partial charge is 0.326 e. The number of methoxy groups -OCH3 is 1. The lowest BCUT2D eigenvalue weighted by molar-refractivity contribution is -0.139. The van der Waals surface area contributed by atoms with Crippen LogP contribution in [0.15, 0.2) is 24.3 Å². The number of hydrogen-bond donors (Lipinski definition) is 3. The topological polar surface area (TPSA) is 87.7 Å². The lowest BCUT2D eigenvalue weighted by Gasteiger charge is -2.14. The van der Waals surface area contributed by atoms with Crippen molar-refractivity contribution in [1.82, 2.24) is 10.6 Å². The van der Waals surface area contributed by atoms with E-state index in [1.54, 1.807) is 0 Å². The number of benzene rings is 1. The molecular formula is C14H20N2O4. The van der Waals surface area contributed by atoms with E-state index in [0.29, 0.717) is 6.54 Å². The monoisotopic (exact) mass is 280 g/mol. The van der Waals surface area contributed by atoms with Crippen molar-refractivity contribution in [3.05, 3.63) is 35.4 Å². The van der Waals surface area contributed by atoms with Crippen LogP contribution in [-0.4, -0.2) is 36.9 Å². The molecule has 0 saturated heterocycles. The number of aliphatic carboxylic acids is 1. The minimum absolute atomic E-state index is 0.226. The minimum Gasteiger partial charge on any atom is -0.480 e. The van der Waals surface area contributed by atoms with E-state index in [0.717, 1.165) is 11.1 Å². The molecule has 0 fully saturated rings. The van der Waals surface area contributed by atoms with Crippen molar-refractivity contribution in [3.8, 4) is 0 Å². The van der Waals surface area contributed by atoms with Crippen LogP contribution in [0.2, 0.25) is 0 Å². The third kappa shape index (κ3) is 5.71. The molecule has 0 aliphatic carbocycles. The Morgan fingerprint density at radius 2 is 1.95 bits per heavy atom. The second-order valence-corrected chi connectivity index (χ2v) is 4.48. The van der Waals surface area contributed by atoms with Gasteiger partial charge in [0.25, 0.3) is 0 Å². The molecule has 110 valence electrons. The first-order valence-electron chi connectivity index (χ1n) is 6.34. The van der Waals surface area contributed by atoms with Crippen LogP contribution in [0.3, 0.4) is 0 Å². The number of carbonyl (C=O) groups is 2. The second kappa shape index (κ2) is 8.16. The molecule has 0 radical (unpaired) electrons. The Morgan fingerprint density at radius 3 is 2.50 bits per heavy atom. The Kier molecular flexibility index (Phi) is 6.52. The molecule has 1 rings (SSSR count). The molecular weight excluding hydrogens is 260 g/mol. The lowest BCUT2D eigenvalue weighted by Crippen LogP contribution is -2.46.